The highest BCUT2D eigenvalue weighted by atomic mass is 19.1. The van der Waals surface area contributed by atoms with Crippen LogP contribution in [0.4, 0.5) is 4.39 Å². The first kappa shape index (κ1) is 15.5. The molecule has 112 valence electrons. The summed E-state index contributed by atoms with van der Waals surface area (Å²) in [6.45, 7) is 3.34. The molecule has 0 aromatic heterocycles. The van der Waals surface area contributed by atoms with Gasteiger partial charge in [0.05, 0.1) is 6.61 Å². The standard InChI is InChI=1S/C18H22FNO/c1-14-4-6-15(7-5-14)16(13-20)3-2-12-21-18-10-8-17(19)9-11-18/h4-11,16H,2-3,12-13,20H2,1H3. The molecule has 0 aliphatic carbocycles. The molecule has 0 spiro atoms. The number of hydrogen-bond donors (Lipinski definition) is 1. The Bertz CT molecular complexity index is 536. The summed E-state index contributed by atoms with van der Waals surface area (Å²) in [6, 6.07) is 14.6. The van der Waals surface area contributed by atoms with Gasteiger partial charge in [-0.3, -0.25) is 0 Å². The van der Waals surface area contributed by atoms with Crippen LogP contribution in [0.2, 0.25) is 0 Å². The Balaban J connectivity index is 1.78. The minimum Gasteiger partial charge on any atom is -0.494 e. The van der Waals surface area contributed by atoms with Crippen LogP contribution in [0.15, 0.2) is 48.5 Å². The highest BCUT2D eigenvalue weighted by molar-refractivity contribution is 5.25. The van der Waals surface area contributed by atoms with Crippen molar-refractivity contribution in [2.24, 2.45) is 5.73 Å². The smallest absolute Gasteiger partial charge is 0.123 e. The molecule has 0 bridgehead atoms. The first-order valence-corrected chi connectivity index (χ1v) is 7.34. The van der Waals surface area contributed by atoms with Crippen molar-refractivity contribution in [3.63, 3.8) is 0 Å². The minimum absolute atomic E-state index is 0.245. The Kier molecular flexibility index (Phi) is 5.76. The molecule has 1 unspecified atom stereocenters. The first-order valence-electron chi connectivity index (χ1n) is 7.34. The average Bonchev–Trinajstić information content (AvgIpc) is 2.50. The van der Waals surface area contributed by atoms with Crippen LogP contribution in [0.25, 0.3) is 0 Å². The fourth-order valence-corrected chi connectivity index (χ4v) is 2.31. The van der Waals surface area contributed by atoms with Gasteiger partial charge in [-0.05, 0) is 62.1 Å². The molecule has 0 saturated heterocycles. The number of hydrogen-bond acceptors (Lipinski definition) is 2. The first-order chi connectivity index (χ1) is 10.2. The highest BCUT2D eigenvalue weighted by Crippen LogP contribution is 2.21. The van der Waals surface area contributed by atoms with Crippen LogP contribution in [0.5, 0.6) is 5.75 Å². The van der Waals surface area contributed by atoms with Crippen LogP contribution in [-0.2, 0) is 0 Å². The van der Waals surface area contributed by atoms with Crippen molar-refractivity contribution in [2.75, 3.05) is 13.2 Å². The molecule has 2 nitrogen and oxygen atoms in total. The Morgan fingerprint density at radius 3 is 2.33 bits per heavy atom. The monoisotopic (exact) mass is 287 g/mol. The van der Waals surface area contributed by atoms with Crippen molar-refractivity contribution in [3.05, 3.63) is 65.5 Å². The van der Waals surface area contributed by atoms with E-state index in [1.54, 1.807) is 12.1 Å². The van der Waals surface area contributed by atoms with Gasteiger partial charge >= 0.3 is 0 Å². The summed E-state index contributed by atoms with van der Waals surface area (Å²) in [7, 11) is 0. The highest BCUT2D eigenvalue weighted by Gasteiger charge is 2.09. The van der Waals surface area contributed by atoms with Gasteiger partial charge in [0, 0.05) is 0 Å². The summed E-state index contributed by atoms with van der Waals surface area (Å²) in [6.07, 6.45) is 1.91. The minimum atomic E-state index is -0.245. The van der Waals surface area contributed by atoms with Crippen LogP contribution in [0, 0.1) is 12.7 Å². The maximum absolute atomic E-state index is 12.8. The molecule has 0 aliphatic rings. The predicted octanol–water partition coefficient (Wildman–Crippen LogP) is 4.04. The maximum Gasteiger partial charge on any atom is 0.123 e. The average molecular weight is 287 g/mol. The van der Waals surface area contributed by atoms with Gasteiger partial charge in [-0.15, -0.1) is 0 Å². The van der Waals surface area contributed by atoms with Gasteiger partial charge < -0.3 is 10.5 Å². The van der Waals surface area contributed by atoms with Crippen molar-refractivity contribution in [2.45, 2.75) is 25.7 Å². The molecule has 0 fully saturated rings. The number of rotatable bonds is 7. The Morgan fingerprint density at radius 1 is 1.05 bits per heavy atom. The molecule has 1 atom stereocenters. The molecule has 0 amide bonds. The van der Waals surface area contributed by atoms with Crippen molar-refractivity contribution in [1.29, 1.82) is 0 Å². The molecule has 2 rings (SSSR count). The van der Waals surface area contributed by atoms with E-state index in [1.165, 1.54) is 23.3 Å². The molecular formula is C18H22FNO. The third-order valence-corrected chi connectivity index (χ3v) is 3.61. The molecule has 0 saturated carbocycles. The topological polar surface area (TPSA) is 35.2 Å². The van der Waals surface area contributed by atoms with Crippen LogP contribution < -0.4 is 10.5 Å². The van der Waals surface area contributed by atoms with E-state index in [0.29, 0.717) is 24.8 Å². The molecule has 2 aromatic rings. The zero-order chi connectivity index (χ0) is 15.1. The third kappa shape index (κ3) is 4.87. The number of nitrogens with two attached hydrogens (primary N) is 1. The quantitative estimate of drug-likeness (QED) is 0.780. The molecular weight excluding hydrogens is 265 g/mol. The van der Waals surface area contributed by atoms with E-state index in [1.807, 2.05) is 0 Å². The van der Waals surface area contributed by atoms with E-state index in [4.69, 9.17) is 10.5 Å². The molecule has 3 heteroatoms. The zero-order valence-corrected chi connectivity index (χ0v) is 12.4. The number of benzene rings is 2. The second-order valence-electron chi connectivity index (χ2n) is 5.29. The Labute approximate surface area is 125 Å². The van der Waals surface area contributed by atoms with Gasteiger partial charge in [-0.1, -0.05) is 29.8 Å². The van der Waals surface area contributed by atoms with Gasteiger partial charge in [0.15, 0.2) is 0 Å². The second-order valence-corrected chi connectivity index (χ2v) is 5.29. The van der Waals surface area contributed by atoms with Gasteiger partial charge in [0.25, 0.3) is 0 Å². The third-order valence-electron chi connectivity index (χ3n) is 3.61. The molecule has 0 heterocycles. The predicted molar refractivity (Wildman–Crippen MR) is 84.1 cm³/mol. The van der Waals surface area contributed by atoms with E-state index in [-0.39, 0.29) is 5.82 Å². The van der Waals surface area contributed by atoms with Crippen molar-refractivity contribution >= 4 is 0 Å². The summed E-state index contributed by atoms with van der Waals surface area (Å²) >= 11 is 0. The number of ether oxygens (including phenoxy) is 1. The molecule has 21 heavy (non-hydrogen) atoms. The summed E-state index contributed by atoms with van der Waals surface area (Å²) in [4.78, 5) is 0. The second kappa shape index (κ2) is 7.79. The lowest BCUT2D eigenvalue weighted by atomic mass is 9.94. The van der Waals surface area contributed by atoms with Crippen molar-refractivity contribution in [3.8, 4) is 5.75 Å². The van der Waals surface area contributed by atoms with Crippen LogP contribution in [-0.4, -0.2) is 13.2 Å². The number of aryl methyl sites for hydroxylation is 1. The van der Waals surface area contributed by atoms with Gasteiger partial charge in [-0.25, -0.2) is 4.39 Å². The summed E-state index contributed by atoms with van der Waals surface area (Å²) < 4.78 is 18.4. The lowest BCUT2D eigenvalue weighted by Gasteiger charge is -2.15. The Hall–Kier alpha value is -1.87. The lowest BCUT2D eigenvalue weighted by molar-refractivity contribution is 0.301. The largest absolute Gasteiger partial charge is 0.494 e. The molecule has 2 N–H and O–H groups in total. The zero-order valence-electron chi connectivity index (χ0n) is 12.4. The van der Waals surface area contributed by atoms with E-state index in [2.05, 4.69) is 31.2 Å². The fourth-order valence-electron chi connectivity index (χ4n) is 2.31. The fraction of sp³-hybridized carbons (Fsp3) is 0.333. The van der Waals surface area contributed by atoms with E-state index < -0.39 is 0 Å². The summed E-state index contributed by atoms with van der Waals surface area (Å²) in [5.74, 6) is 0.823. The summed E-state index contributed by atoms with van der Waals surface area (Å²) in [5, 5.41) is 0. The molecule has 0 radical (unpaired) electrons. The van der Waals surface area contributed by atoms with E-state index >= 15 is 0 Å². The van der Waals surface area contributed by atoms with Crippen molar-refractivity contribution in [1.82, 2.24) is 0 Å². The van der Waals surface area contributed by atoms with E-state index in [0.717, 1.165) is 12.8 Å². The van der Waals surface area contributed by atoms with Crippen molar-refractivity contribution < 1.29 is 9.13 Å². The molecule has 2 aromatic carbocycles. The van der Waals surface area contributed by atoms with Crippen LogP contribution in [0.3, 0.4) is 0 Å². The summed E-state index contributed by atoms with van der Waals surface area (Å²) in [5.41, 5.74) is 8.41. The van der Waals surface area contributed by atoms with E-state index in [9.17, 15) is 4.39 Å². The normalized spacial score (nSPS) is 12.1. The van der Waals surface area contributed by atoms with Gasteiger partial charge in [0.1, 0.15) is 11.6 Å². The van der Waals surface area contributed by atoms with Crippen LogP contribution in [0.1, 0.15) is 29.9 Å². The van der Waals surface area contributed by atoms with Gasteiger partial charge in [0.2, 0.25) is 0 Å². The van der Waals surface area contributed by atoms with Gasteiger partial charge in [-0.2, -0.15) is 0 Å². The van der Waals surface area contributed by atoms with Crippen LogP contribution >= 0.6 is 0 Å². The maximum atomic E-state index is 12.8. The number of halogens is 1. The lowest BCUT2D eigenvalue weighted by Crippen LogP contribution is -2.13. The SMILES string of the molecule is Cc1ccc(C(CN)CCCOc2ccc(F)cc2)cc1. The Morgan fingerprint density at radius 2 is 1.71 bits per heavy atom. The molecule has 0 aliphatic heterocycles.